The van der Waals surface area contributed by atoms with Crippen LogP contribution in [0, 0.1) is 0 Å². The highest BCUT2D eigenvalue weighted by molar-refractivity contribution is 6.33. The van der Waals surface area contributed by atoms with Gasteiger partial charge in [0.1, 0.15) is 5.75 Å². The maximum absolute atomic E-state index is 12.3. The third-order valence-corrected chi connectivity index (χ3v) is 3.71. The van der Waals surface area contributed by atoms with Crippen LogP contribution in [0.5, 0.6) is 5.75 Å². The Morgan fingerprint density at radius 2 is 1.90 bits per heavy atom. The molecule has 0 unspecified atom stereocenters. The molecule has 0 aliphatic carbocycles. The number of hydrogen-bond donors (Lipinski definition) is 1. The second-order valence-corrected chi connectivity index (χ2v) is 5.09. The van der Waals surface area contributed by atoms with Gasteiger partial charge in [-0.15, -0.1) is 0 Å². The van der Waals surface area contributed by atoms with Crippen molar-refractivity contribution in [2.75, 3.05) is 6.61 Å². The lowest BCUT2D eigenvalue weighted by Crippen LogP contribution is -2.32. The third kappa shape index (κ3) is 2.49. The van der Waals surface area contributed by atoms with Crippen molar-refractivity contribution in [1.29, 1.82) is 0 Å². The predicted molar refractivity (Wildman–Crippen MR) is 78.2 cm³/mol. The maximum Gasteiger partial charge on any atom is 0.253 e. The van der Waals surface area contributed by atoms with Gasteiger partial charge in [-0.05, 0) is 18.2 Å². The number of nitrogens with one attached hydrogen (secondary N) is 1. The highest BCUT2D eigenvalue weighted by atomic mass is 35.5. The zero-order valence-corrected chi connectivity index (χ0v) is 11.6. The molecule has 3 nitrogen and oxygen atoms in total. The minimum absolute atomic E-state index is 0.0382. The molecule has 0 radical (unpaired) electrons. The zero-order chi connectivity index (χ0) is 13.9. The summed E-state index contributed by atoms with van der Waals surface area (Å²) in [6.45, 7) is 0.602. The minimum atomic E-state index is -0.155. The summed E-state index contributed by atoms with van der Waals surface area (Å²) in [7, 11) is 0. The maximum atomic E-state index is 12.3. The van der Waals surface area contributed by atoms with Gasteiger partial charge in [0.05, 0.1) is 23.2 Å². The van der Waals surface area contributed by atoms with Crippen LogP contribution in [0.3, 0.4) is 0 Å². The molecule has 1 aliphatic rings. The Bertz CT molecular complexity index is 642. The number of hydrogen-bond acceptors (Lipinski definition) is 2. The number of amides is 1. The minimum Gasteiger partial charge on any atom is -0.493 e. The summed E-state index contributed by atoms with van der Waals surface area (Å²) in [4.78, 5) is 12.3. The van der Waals surface area contributed by atoms with E-state index in [4.69, 9.17) is 16.3 Å². The summed E-state index contributed by atoms with van der Waals surface area (Å²) < 4.78 is 5.59. The number of carbonyl (C=O) groups is 1. The van der Waals surface area contributed by atoms with Crippen molar-refractivity contribution in [1.82, 2.24) is 5.32 Å². The molecule has 2 aromatic rings. The number of carbonyl (C=O) groups excluding carboxylic acids is 1. The van der Waals surface area contributed by atoms with Crippen LogP contribution in [-0.4, -0.2) is 12.5 Å². The van der Waals surface area contributed by atoms with Gasteiger partial charge in [-0.25, -0.2) is 0 Å². The highest BCUT2D eigenvalue weighted by Gasteiger charge is 2.23. The molecule has 2 aromatic carbocycles. The largest absolute Gasteiger partial charge is 0.493 e. The standard InChI is InChI=1S/C16H14ClNO2/c17-13-7-3-1-5-11(13)16(19)18-14-9-10-20-15-8-4-2-6-12(14)15/h1-8,14H,9-10H2,(H,18,19)/t14-/m0/s1. The van der Waals surface area contributed by atoms with Gasteiger partial charge in [0.2, 0.25) is 0 Å². The van der Waals surface area contributed by atoms with Crippen LogP contribution in [0.2, 0.25) is 5.02 Å². The van der Waals surface area contributed by atoms with Crippen molar-refractivity contribution >= 4 is 17.5 Å². The van der Waals surface area contributed by atoms with Gasteiger partial charge in [0, 0.05) is 12.0 Å². The summed E-state index contributed by atoms with van der Waals surface area (Å²) >= 11 is 6.05. The van der Waals surface area contributed by atoms with Crippen molar-refractivity contribution in [2.24, 2.45) is 0 Å². The van der Waals surface area contributed by atoms with E-state index in [2.05, 4.69) is 5.32 Å². The first-order valence-electron chi connectivity index (χ1n) is 6.53. The molecule has 1 heterocycles. The van der Waals surface area contributed by atoms with Crippen molar-refractivity contribution in [3.63, 3.8) is 0 Å². The smallest absolute Gasteiger partial charge is 0.253 e. The van der Waals surface area contributed by atoms with Crippen LogP contribution in [0.25, 0.3) is 0 Å². The van der Waals surface area contributed by atoms with Crippen molar-refractivity contribution in [3.8, 4) is 5.75 Å². The van der Waals surface area contributed by atoms with Gasteiger partial charge < -0.3 is 10.1 Å². The van der Waals surface area contributed by atoms with E-state index in [-0.39, 0.29) is 11.9 Å². The average Bonchev–Trinajstić information content (AvgIpc) is 2.48. The molecule has 0 spiro atoms. The average molecular weight is 288 g/mol. The number of para-hydroxylation sites is 1. The normalized spacial score (nSPS) is 16.9. The molecule has 0 saturated heterocycles. The molecule has 1 aliphatic heterocycles. The summed E-state index contributed by atoms with van der Waals surface area (Å²) in [5.74, 6) is 0.681. The quantitative estimate of drug-likeness (QED) is 0.916. The van der Waals surface area contributed by atoms with Crippen LogP contribution in [0.1, 0.15) is 28.4 Å². The molecule has 0 aromatic heterocycles. The fourth-order valence-electron chi connectivity index (χ4n) is 2.37. The Morgan fingerprint density at radius 1 is 1.15 bits per heavy atom. The number of halogens is 1. The van der Waals surface area contributed by atoms with Crippen molar-refractivity contribution in [3.05, 3.63) is 64.7 Å². The molecular weight excluding hydrogens is 274 g/mol. The summed E-state index contributed by atoms with van der Waals surface area (Å²) in [6.07, 6.45) is 0.757. The summed E-state index contributed by atoms with van der Waals surface area (Å²) in [5.41, 5.74) is 1.51. The van der Waals surface area contributed by atoms with Gasteiger partial charge >= 0.3 is 0 Å². The van der Waals surface area contributed by atoms with E-state index < -0.39 is 0 Å². The molecule has 102 valence electrons. The molecule has 0 bridgehead atoms. The Hall–Kier alpha value is -2.00. The zero-order valence-electron chi connectivity index (χ0n) is 10.8. The molecule has 20 heavy (non-hydrogen) atoms. The number of ether oxygens (including phenoxy) is 1. The fourth-order valence-corrected chi connectivity index (χ4v) is 2.59. The second kappa shape index (κ2) is 5.55. The first kappa shape index (κ1) is 13.0. The predicted octanol–water partition coefficient (Wildman–Crippen LogP) is 3.59. The van der Waals surface area contributed by atoms with E-state index >= 15 is 0 Å². The van der Waals surface area contributed by atoms with Crippen molar-refractivity contribution < 1.29 is 9.53 Å². The van der Waals surface area contributed by atoms with Gasteiger partial charge in [-0.2, -0.15) is 0 Å². The second-order valence-electron chi connectivity index (χ2n) is 4.68. The molecular formula is C16H14ClNO2. The van der Waals surface area contributed by atoms with Crippen LogP contribution < -0.4 is 10.1 Å². The van der Waals surface area contributed by atoms with E-state index in [9.17, 15) is 4.79 Å². The van der Waals surface area contributed by atoms with Crippen LogP contribution in [0.4, 0.5) is 0 Å². The molecule has 4 heteroatoms. The Labute approximate surface area is 122 Å². The van der Waals surface area contributed by atoms with Crippen LogP contribution >= 0.6 is 11.6 Å². The SMILES string of the molecule is O=C(N[C@H]1CCOc2ccccc21)c1ccccc1Cl. The first-order chi connectivity index (χ1) is 9.75. The molecule has 3 rings (SSSR count). The number of fused-ring (bicyclic) bond motifs is 1. The number of benzene rings is 2. The molecule has 1 N–H and O–H groups in total. The van der Waals surface area contributed by atoms with E-state index in [0.717, 1.165) is 17.7 Å². The third-order valence-electron chi connectivity index (χ3n) is 3.38. The van der Waals surface area contributed by atoms with Crippen LogP contribution in [-0.2, 0) is 0 Å². The number of rotatable bonds is 2. The Balaban J connectivity index is 1.83. The Morgan fingerprint density at radius 3 is 2.75 bits per heavy atom. The molecule has 0 fully saturated rings. The van der Waals surface area contributed by atoms with E-state index in [1.54, 1.807) is 18.2 Å². The van der Waals surface area contributed by atoms with Gasteiger partial charge in [-0.1, -0.05) is 41.9 Å². The van der Waals surface area contributed by atoms with Crippen molar-refractivity contribution in [2.45, 2.75) is 12.5 Å². The monoisotopic (exact) mass is 287 g/mol. The lowest BCUT2D eigenvalue weighted by molar-refractivity contribution is 0.0925. The van der Waals surface area contributed by atoms with E-state index in [0.29, 0.717) is 17.2 Å². The first-order valence-corrected chi connectivity index (χ1v) is 6.90. The molecule has 1 atom stereocenters. The van der Waals surface area contributed by atoms with E-state index in [1.165, 1.54) is 0 Å². The van der Waals surface area contributed by atoms with Gasteiger partial charge in [0.25, 0.3) is 5.91 Å². The van der Waals surface area contributed by atoms with Crippen LogP contribution in [0.15, 0.2) is 48.5 Å². The highest BCUT2D eigenvalue weighted by Crippen LogP contribution is 2.31. The van der Waals surface area contributed by atoms with Gasteiger partial charge in [-0.3, -0.25) is 4.79 Å². The molecule has 1 amide bonds. The summed E-state index contributed by atoms with van der Waals surface area (Å²) in [6, 6.07) is 14.8. The Kier molecular flexibility index (Phi) is 3.61. The lowest BCUT2D eigenvalue weighted by atomic mass is 10.00. The topological polar surface area (TPSA) is 38.3 Å². The van der Waals surface area contributed by atoms with Gasteiger partial charge in [0.15, 0.2) is 0 Å². The lowest BCUT2D eigenvalue weighted by Gasteiger charge is -2.26. The fraction of sp³-hybridized carbons (Fsp3) is 0.188. The summed E-state index contributed by atoms with van der Waals surface area (Å²) in [5, 5.41) is 3.49. The van der Waals surface area contributed by atoms with E-state index in [1.807, 2.05) is 30.3 Å². The molecule has 0 saturated carbocycles.